The Hall–Kier alpha value is -2.26. The van der Waals surface area contributed by atoms with Crippen molar-refractivity contribution in [1.82, 2.24) is 0 Å². The van der Waals surface area contributed by atoms with Crippen LogP contribution in [0.2, 0.25) is 0 Å². The van der Waals surface area contributed by atoms with E-state index in [9.17, 15) is 0 Å². The first-order valence-electron chi connectivity index (χ1n) is 10.5. The number of fused-ring (bicyclic) bond motifs is 1. The Morgan fingerprint density at radius 2 is 1.60 bits per heavy atom. The molecule has 0 saturated heterocycles. The number of hydrogen-bond donors (Lipinski definition) is 0. The van der Waals surface area contributed by atoms with Crippen molar-refractivity contribution >= 4 is 21.6 Å². The predicted molar refractivity (Wildman–Crippen MR) is 130 cm³/mol. The number of nitrogens with zero attached hydrogens (tertiary/aromatic N) is 1. The molecule has 0 spiro atoms. The SMILES string of the molecule is COc1ccc2c(c1)CCN(c1ccc(C(C)(C)C)cc1)C2(C)c1ccc(Br)cc1. The van der Waals surface area contributed by atoms with Gasteiger partial charge in [-0.2, -0.15) is 0 Å². The summed E-state index contributed by atoms with van der Waals surface area (Å²) in [6.07, 6.45) is 1.000. The molecule has 1 aliphatic heterocycles. The highest BCUT2D eigenvalue weighted by atomic mass is 79.9. The van der Waals surface area contributed by atoms with Gasteiger partial charge in [-0.1, -0.05) is 67.0 Å². The zero-order chi connectivity index (χ0) is 21.5. The van der Waals surface area contributed by atoms with Crippen LogP contribution in [-0.2, 0) is 17.4 Å². The lowest BCUT2D eigenvalue weighted by atomic mass is 9.76. The van der Waals surface area contributed by atoms with Crippen LogP contribution in [-0.4, -0.2) is 13.7 Å². The second-order valence-corrected chi connectivity index (χ2v) is 10.2. The van der Waals surface area contributed by atoms with Crippen molar-refractivity contribution in [2.24, 2.45) is 0 Å². The van der Waals surface area contributed by atoms with Crippen molar-refractivity contribution in [2.45, 2.75) is 45.1 Å². The average molecular weight is 464 g/mol. The van der Waals surface area contributed by atoms with E-state index in [0.717, 1.165) is 23.2 Å². The quantitative estimate of drug-likeness (QED) is 0.411. The monoisotopic (exact) mass is 463 g/mol. The Morgan fingerprint density at radius 1 is 0.933 bits per heavy atom. The molecule has 4 rings (SSSR count). The smallest absolute Gasteiger partial charge is 0.119 e. The van der Waals surface area contributed by atoms with Crippen LogP contribution in [0.25, 0.3) is 0 Å². The average Bonchev–Trinajstić information content (AvgIpc) is 2.73. The van der Waals surface area contributed by atoms with Gasteiger partial charge in [0.05, 0.1) is 12.6 Å². The summed E-state index contributed by atoms with van der Waals surface area (Å²) in [5.74, 6) is 0.926. The molecule has 0 aliphatic carbocycles. The summed E-state index contributed by atoms with van der Waals surface area (Å²) in [4.78, 5) is 2.55. The van der Waals surface area contributed by atoms with Crippen LogP contribution < -0.4 is 9.64 Å². The van der Waals surface area contributed by atoms with Gasteiger partial charge in [-0.15, -0.1) is 0 Å². The molecule has 3 aromatic carbocycles. The summed E-state index contributed by atoms with van der Waals surface area (Å²) in [5.41, 5.74) is 6.51. The molecule has 0 fully saturated rings. The standard InChI is InChI=1S/C27H30BrNO/c1-26(2,3)20-8-12-23(13-9-20)29-17-16-19-18-24(30-5)14-15-25(19)27(29,4)21-6-10-22(28)11-7-21/h6-15,18H,16-17H2,1-5H3. The van der Waals surface area contributed by atoms with Crippen LogP contribution in [0.4, 0.5) is 5.69 Å². The topological polar surface area (TPSA) is 12.5 Å². The van der Waals surface area contributed by atoms with Gasteiger partial charge in [-0.25, -0.2) is 0 Å². The van der Waals surface area contributed by atoms with E-state index in [0.29, 0.717) is 0 Å². The molecule has 0 N–H and O–H groups in total. The van der Waals surface area contributed by atoms with E-state index in [2.05, 4.69) is 115 Å². The van der Waals surface area contributed by atoms with E-state index in [1.807, 2.05) is 0 Å². The van der Waals surface area contributed by atoms with Gasteiger partial charge in [0.15, 0.2) is 0 Å². The van der Waals surface area contributed by atoms with E-state index < -0.39 is 0 Å². The van der Waals surface area contributed by atoms with Crippen molar-refractivity contribution in [3.63, 3.8) is 0 Å². The maximum Gasteiger partial charge on any atom is 0.119 e. The first kappa shape index (κ1) is 21.0. The summed E-state index contributed by atoms with van der Waals surface area (Å²) in [7, 11) is 1.74. The maximum absolute atomic E-state index is 5.51. The van der Waals surface area contributed by atoms with E-state index >= 15 is 0 Å². The minimum atomic E-state index is -0.260. The van der Waals surface area contributed by atoms with Gasteiger partial charge in [-0.3, -0.25) is 0 Å². The van der Waals surface area contributed by atoms with Crippen LogP contribution in [0.1, 0.15) is 49.9 Å². The molecule has 1 heterocycles. The third kappa shape index (κ3) is 3.65. The number of rotatable bonds is 3. The van der Waals surface area contributed by atoms with Gasteiger partial charge in [0, 0.05) is 16.7 Å². The summed E-state index contributed by atoms with van der Waals surface area (Å²) in [6.45, 7) is 10.1. The third-order valence-corrected chi connectivity index (χ3v) is 6.96. The molecular weight excluding hydrogens is 434 g/mol. The largest absolute Gasteiger partial charge is 0.497 e. The van der Waals surface area contributed by atoms with Crippen LogP contribution in [0.3, 0.4) is 0 Å². The molecule has 1 atom stereocenters. The number of methoxy groups -OCH3 is 1. The van der Waals surface area contributed by atoms with Crippen molar-refractivity contribution in [2.75, 3.05) is 18.6 Å². The van der Waals surface area contributed by atoms with Gasteiger partial charge in [0.25, 0.3) is 0 Å². The van der Waals surface area contributed by atoms with Crippen LogP contribution in [0.15, 0.2) is 71.2 Å². The van der Waals surface area contributed by atoms with Gasteiger partial charge in [0.2, 0.25) is 0 Å². The lowest BCUT2D eigenvalue weighted by molar-refractivity contribution is 0.411. The summed E-state index contributed by atoms with van der Waals surface area (Å²) >= 11 is 3.59. The maximum atomic E-state index is 5.51. The highest BCUT2D eigenvalue weighted by Gasteiger charge is 2.40. The summed E-state index contributed by atoms with van der Waals surface area (Å²) in [5, 5.41) is 0. The Labute approximate surface area is 189 Å². The predicted octanol–water partition coefficient (Wildman–Crippen LogP) is 7.08. The number of halogens is 1. The third-order valence-electron chi connectivity index (χ3n) is 6.43. The van der Waals surface area contributed by atoms with Crippen molar-refractivity contribution in [1.29, 1.82) is 0 Å². The zero-order valence-electron chi connectivity index (χ0n) is 18.5. The number of benzene rings is 3. The Balaban J connectivity index is 1.86. The van der Waals surface area contributed by atoms with E-state index in [1.165, 1.54) is 27.9 Å². The molecule has 1 unspecified atom stereocenters. The lowest BCUT2D eigenvalue weighted by Crippen LogP contribution is -2.49. The second kappa shape index (κ2) is 7.77. The van der Waals surface area contributed by atoms with Crippen molar-refractivity contribution in [3.05, 3.63) is 93.5 Å². The van der Waals surface area contributed by atoms with Crippen molar-refractivity contribution < 1.29 is 4.74 Å². The fourth-order valence-electron chi connectivity index (χ4n) is 4.59. The fraction of sp³-hybridized carbons (Fsp3) is 0.333. The lowest BCUT2D eigenvalue weighted by Gasteiger charge is -2.48. The second-order valence-electron chi connectivity index (χ2n) is 9.30. The summed E-state index contributed by atoms with van der Waals surface area (Å²) in [6, 6.07) is 24.4. The highest BCUT2D eigenvalue weighted by molar-refractivity contribution is 9.10. The first-order valence-corrected chi connectivity index (χ1v) is 11.3. The Morgan fingerprint density at radius 3 is 2.20 bits per heavy atom. The molecule has 0 bridgehead atoms. The molecule has 0 radical (unpaired) electrons. The Bertz CT molecular complexity index is 1030. The molecule has 1 aliphatic rings. The molecule has 3 heteroatoms. The number of ether oxygens (including phenoxy) is 1. The summed E-state index contributed by atoms with van der Waals surface area (Å²) < 4.78 is 6.61. The normalized spacial score (nSPS) is 18.8. The molecule has 0 aromatic heterocycles. The van der Waals surface area contributed by atoms with Gasteiger partial charge in [0.1, 0.15) is 5.75 Å². The molecule has 2 nitrogen and oxygen atoms in total. The van der Waals surface area contributed by atoms with E-state index in [1.54, 1.807) is 7.11 Å². The number of anilines is 1. The van der Waals surface area contributed by atoms with E-state index in [-0.39, 0.29) is 11.0 Å². The van der Waals surface area contributed by atoms with Gasteiger partial charge < -0.3 is 9.64 Å². The fourth-order valence-corrected chi connectivity index (χ4v) is 4.86. The van der Waals surface area contributed by atoms with Gasteiger partial charge >= 0.3 is 0 Å². The highest BCUT2D eigenvalue weighted by Crippen LogP contribution is 2.44. The Kier molecular flexibility index (Phi) is 5.44. The zero-order valence-corrected chi connectivity index (χ0v) is 20.1. The van der Waals surface area contributed by atoms with Crippen LogP contribution >= 0.6 is 15.9 Å². The van der Waals surface area contributed by atoms with Crippen LogP contribution in [0.5, 0.6) is 5.75 Å². The molecular formula is C27H30BrNO. The van der Waals surface area contributed by atoms with Crippen LogP contribution in [0, 0.1) is 0 Å². The minimum Gasteiger partial charge on any atom is -0.497 e. The van der Waals surface area contributed by atoms with Gasteiger partial charge in [-0.05, 0) is 77.4 Å². The minimum absolute atomic E-state index is 0.151. The molecule has 30 heavy (non-hydrogen) atoms. The number of hydrogen-bond acceptors (Lipinski definition) is 2. The molecule has 0 amide bonds. The molecule has 3 aromatic rings. The molecule has 156 valence electrons. The first-order chi connectivity index (χ1) is 14.2. The molecule has 0 saturated carbocycles. The van der Waals surface area contributed by atoms with Crippen molar-refractivity contribution in [3.8, 4) is 5.75 Å². The van der Waals surface area contributed by atoms with E-state index in [4.69, 9.17) is 4.74 Å².